The average Bonchev–Trinajstić information content (AvgIpc) is 3.30. The first kappa shape index (κ1) is 62.1. The van der Waals surface area contributed by atoms with E-state index in [0.29, 0.717) is 19.3 Å². The van der Waals surface area contributed by atoms with Crippen LogP contribution in [0.5, 0.6) is 0 Å². The molecule has 0 saturated heterocycles. The summed E-state index contributed by atoms with van der Waals surface area (Å²) in [5, 5.41) is 0. The summed E-state index contributed by atoms with van der Waals surface area (Å²) in [6.07, 6.45) is 66.3. The van der Waals surface area contributed by atoms with Crippen molar-refractivity contribution < 1.29 is 28.6 Å². The molecule has 0 rings (SSSR count). The Bertz CT molecular complexity index is 1180. The molecule has 0 saturated carbocycles. The van der Waals surface area contributed by atoms with E-state index >= 15 is 0 Å². The second-order valence-electron chi connectivity index (χ2n) is 18.5. The maximum absolute atomic E-state index is 12.8. The van der Waals surface area contributed by atoms with Gasteiger partial charge in [0.2, 0.25) is 0 Å². The number of ether oxygens (including phenoxy) is 3. The fourth-order valence-corrected chi connectivity index (χ4v) is 7.77. The third kappa shape index (κ3) is 51.9. The molecule has 0 spiro atoms. The van der Waals surface area contributed by atoms with E-state index in [1.807, 2.05) is 0 Å². The fourth-order valence-electron chi connectivity index (χ4n) is 7.77. The van der Waals surface area contributed by atoms with Gasteiger partial charge in [0.1, 0.15) is 13.2 Å². The van der Waals surface area contributed by atoms with Gasteiger partial charge in [-0.05, 0) is 89.9 Å². The Morgan fingerprint density at radius 2 is 0.554 bits per heavy atom. The molecule has 0 N–H and O–H groups in total. The van der Waals surface area contributed by atoms with Gasteiger partial charge in [-0.3, -0.25) is 14.4 Å². The number of esters is 3. The van der Waals surface area contributed by atoms with Gasteiger partial charge in [-0.2, -0.15) is 0 Å². The Morgan fingerprint density at radius 3 is 0.923 bits per heavy atom. The molecule has 0 aromatic carbocycles. The van der Waals surface area contributed by atoms with Crippen LogP contribution < -0.4 is 0 Å². The molecule has 376 valence electrons. The number of rotatable bonds is 50. The van der Waals surface area contributed by atoms with E-state index in [4.69, 9.17) is 14.2 Å². The minimum atomic E-state index is -0.789. The predicted octanol–water partition coefficient (Wildman–Crippen LogP) is 18.4. The first-order valence-corrected chi connectivity index (χ1v) is 27.8. The summed E-state index contributed by atoms with van der Waals surface area (Å²) in [6.45, 7) is 6.57. The Labute approximate surface area is 402 Å². The van der Waals surface area contributed by atoms with Gasteiger partial charge in [0.15, 0.2) is 6.10 Å². The highest BCUT2D eigenvalue weighted by molar-refractivity contribution is 5.71. The highest BCUT2D eigenvalue weighted by Gasteiger charge is 2.19. The molecule has 0 fully saturated rings. The molecule has 0 amide bonds. The Balaban J connectivity index is 4.39. The maximum atomic E-state index is 12.8. The molecule has 65 heavy (non-hydrogen) atoms. The molecule has 6 heteroatoms. The topological polar surface area (TPSA) is 78.9 Å². The zero-order chi connectivity index (χ0) is 47.2. The van der Waals surface area contributed by atoms with Crippen LogP contribution in [-0.4, -0.2) is 37.2 Å². The lowest BCUT2D eigenvalue weighted by molar-refractivity contribution is -0.167. The molecule has 0 bridgehead atoms. The SMILES string of the molecule is CCCCC/C=C\C/C=C\C/C=C\CCCCC(=O)OC[C@@H](COC(=O)CCCCCCCCCCC/C=C\C/C=C\CCCCC)OC(=O)CCCCCCCCCCCCCCC. The molecule has 0 heterocycles. The number of allylic oxidation sites excluding steroid dienone is 10. The first-order chi connectivity index (χ1) is 32.0. The van der Waals surface area contributed by atoms with Crippen molar-refractivity contribution in [1.82, 2.24) is 0 Å². The smallest absolute Gasteiger partial charge is 0.306 e. The zero-order valence-electron chi connectivity index (χ0n) is 43.0. The summed E-state index contributed by atoms with van der Waals surface area (Å²) in [7, 11) is 0. The third-order valence-corrected chi connectivity index (χ3v) is 12.0. The van der Waals surface area contributed by atoms with E-state index in [1.54, 1.807) is 0 Å². The van der Waals surface area contributed by atoms with Crippen molar-refractivity contribution in [2.45, 2.75) is 284 Å². The van der Waals surface area contributed by atoms with Gasteiger partial charge in [0, 0.05) is 19.3 Å². The fraction of sp³-hybridized carbons (Fsp3) is 0.780. The van der Waals surface area contributed by atoms with E-state index in [1.165, 1.54) is 161 Å². The number of carbonyl (C=O) groups excluding carboxylic acids is 3. The number of hydrogen-bond acceptors (Lipinski definition) is 6. The van der Waals surface area contributed by atoms with E-state index in [0.717, 1.165) is 77.0 Å². The lowest BCUT2D eigenvalue weighted by Gasteiger charge is -2.18. The van der Waals surface area contributed by atoms with Crippen LogP contribution in [0.15, 0.2) is 60.8 Å². The van der Waals surface area contributed by atoms with Crippen molar-refractivity contribution in [2.75, 3.05) is 13.2 Å². The largest absolute Gasteiger partial charge is 0.462 e. The van der Waals surface area contributed by atoms with Crippen LogP contribution in [0.25, 0.3) is 0 Å². The van der Waals surface area contributed by atoms with Gasteiger partial charge in [-0.15, -0.1) is 0 Å². The average molecular weight is 909 g/mol. The normalized spacial score (nSPS) is 12.5. The van der Waals surface area contributed by atoms with Crippen molar-refractivity contribution in [1.29, 1.82) is 0 Å². The minimum absolute atomic E-state index is 0.0864. The molecule has 0 aliphatic heterocycles. The molecule has 6 nitrogen and oxygen atoms in total. The van der Waals surface area contributed by atoms with Crippen molar-refractivity contribution in [2.24, 2.45) is 0 Å². The van der Waals surface area contributed by atoms with Gasteiger partial charge in [0.05, 0.1) is 0 Å². The molecule has 0 aliphatic rings. The second-order valence-corrected chi connectivity index (χ2v) is 18.5. The molecular formula is C59H104O6. The molecule has 0 unspecified atom stereocenters. The second kappa shape index (κ2) is 53.7. The Morgan fingerprint density at radius 1 is 0.308 bits per heavy atom. The summed E-state index contributed by atoms with van der Waals surface area (Å²) in [6, 6.07) is 0. The van der Waals surface area contributed by atoms with Gasteiger partial charge < -0.3 is 14.2 Å². The predicted molar refractivity (Wildman–Crippen MR) is 279 cm³/mol. The number of unbranched alkanes of at least 4 members (excludes halogenated alkanes) is 29. The van der Waals surface area contributed by atoms with Crippen molar-refractivity contribution >= 4 is 17.9 Å². The molecular weight excluding hydrogens is 805 g/mol. The standard InChI is InChI=1S/C59H104O6/c1-4-7-10-13-16-19-22-25-27-28-29-30-32-35-37-40-43-46-49-52-58(61)64-55-56(65-59(62)53-50-47-44-41-38-33-24-21-18-15-12-9-6-3)54-63-57(60)51-48-45-42-39-36-34-31-26-23-20-17-14-11-8-5-2/h16-17,19-20,25-27,31,36,39,56H,4-15,18,21-24,28-30,32-35,37-38,40-55H2,1-3H3/b19-16-,20-17-,27-25-,31-26-,39-36-/t56-/m0/s1. The van der Waals surface area contributed by atoms with Crippen molar-refractivity contribution in [3.05, 3.63) is 60.8 Å². The van der Waals surface area contributed by atoms with Gasteiger partial charge in [-0.1, -0.05) is 229 Å². The quantitative estimate of drug-likeness (QED) is 0.0262. The Hall–Kier alpha value is -2.89. The summed E-state index contributed by atoms with van der Waals surface area (Å²) < 4.78 is 16.8. The molecule has 0 aliphatic carbocycles. The summed E-state index contributed by atoms with van der Waals surface area (Å²) in [5.41, 5.74) is 0. The minimum Gasteiger partial charge on any atom is -0.462 e. The summed E-state index contributed by atoms with van der Waals surface area (Å²) in [5.74, 6) is -0.921. The highest BCUT2D eigenvalue weighted by Crippen LogP contribution is 2.15. The van der Waals surface area contributed by atoms with Crippen LogP contribution in [0.1, 0.15) is 278 Å². The van der Waals surface area contributed by atoms with E-state index in [-0.39, 0.29) is 31.1 Å². The van der Waals surface area contributed by atoms with Crippen molar-refractivity contribution in [3.8, 4) is 0 Å². The third-order valence-electron chi connectivity index (χ3n) is 12.0. The summed E-state index contributed by atoms with van der Waals surface area (Å²) in [4.78, 5) is 38.1. The van der Waals surface area contributed by atoms with Crippen LogP contribution in [0.2, 0.25) is 0 Å². The van der Waals surface area contributed by atoms with Crippen LogP contribution in [0, 0.1) is 0 Å². The molecule has 1 atom stereocenters. The summed E-state index contributed by atoms with van der Waals surface area (Å²) >= 11 is 0. The Kier molecular flexibility index (Phi) is 51.3. The monoisotopic (exact) mass is 909 g/mol. The first-order valence-electron chi connectivity index (χ1n) is 27.8. The lowest BCUT2D eigenvalue weighted by Crippen LogP contribution is -2.30. The molecule has 0 radical (unpaired) electrons. The van der Waals surface area contributed by atoms with E-state index in [2.05, 4.69) is 81.5 Å². The van der Waals surface area contributed by atoms with Gasteiger partial charge in [-0.25, -0.2) is 0 Å². The highest BCUT2D eigenvalue weighted by atomic mass is 16.6. The zero-order valence-corrected chi connectivity index (χ0v) is 43.0. The number of hydrogen-bond donors (Lipinski definition) is 0. The van der Waals surface area contributed by atoms with E-state index < -0.39 is 6.10 Å². The van der Waals surface area contributed by atoms with Crippen LogP contribution >= 0.6 is 0 Å². The van der Waals surface area contributed by atoms with Gasteiger partial charge in [0.25, 0.3) is 0 Å². The maximum Gasteiger partial charge on any atom is 0.306 e. The van der Waals surface area contributed by atoms with Gasteiger partial charge >= 0.3 is 17.9 Å². The molecule has 0 aromatic rings. The van der Waals surface area contributed by atoms with Crippen LogP contribution in [0.4, 0.5) is 0 Å². The van der Waals surface area contributed by atoms with Crippen LogP contribution in [0.3, 0.4) is 0 Å². The lowest BCUT2D eigenvalue weighted by atomic mass is 10.0. The van der Waals surface area contributed by atoms with Crippen molar-refractivity contribution in [3.63, 3.8) is 0 Å². The molecule has 0 aromatic heterocycles. The number of carbonyl (C=O) groups is 3. The van der Waals surface area contributed by atoms with Crippen LogP contribution in [-0.2, 0) is 28.6 Å². The van der Waals surface area contributed by atoms with E-state index in [9.17, 15) is 14.4 Å².